The standard InChI is InChI=1S/C19H26Cl2N4O6/c1-19(2,10-26)15(28)16(29)23-7-4-8-31-18(30)25-17(22)24-14(27)9-11-12(20)5-3-6-13(11)21/h3,5-6,15,26,28H,4,7-10H2,1-2H3,(H,23,29)(H3,22,24,25,27,30)/t15-/m0/s1. The summed E-state index contributed by atoms with van der Waals surface area (Å²) in [5, 5.41) is 24.3. The van der Waals surface area contributed by atoms with Crippen molar-refractivity contribution in [1.82, 2.24) is 10.6 Å². The van der Waals surface area contributed by atoms with E-state index in [1.807, 2.05) is 0 Å². The van der Waals surface area contributed by atoms with E-state index in [1.165, 1.54) is 0 Å². The zero-order valence-corrected chi connectivity index (χ0v) is 18.7. The second kappa shape index (κ2) is 12.5. The van der Waals surface area contributed by atoms with Gasteiger partial charge in [0.05, 0.1) is 19.6 Å². The van der Waals surface area contributed by atoms with Gasteiger partial charge < -0.3 is 26.0 Å². The van der Waals surface area contributed by atoms with E-state index in [2.05, 4.69) is 15.6 Å². The number of aliphatic imine (C=N–C) groups is 1. The number of carbonyl (C=O) groups is 3. The van der Waals surface area contributed by atoms with E-state index in [4.69, 9.17) is 38.8 Å². The number of amides is 3. The molecule has 0 saturated heterocycles. The summed E-state index contributed by atoms with van der Waals surface area (Å²) in [4.78, 5) is 38.8. The number of nitrogens with two attached hydrogens (primary N) is 1. The van der Waals surface area contributed by atoms with Gasteiger partial charge in [0, 0.05) is 22.0 Å². The lowest BCUT2D eigenvalue weighted by atomic mass is 9.87. The van der Waals surface area contributed by atoms with Crippen molar-refractivity contribution in [3.63, 3.8) is 0 Å². The molecule has 31 heavy (non-hydrogen) atoms. The summed E-state index contributed by atoms with van der Waals surface area (Å²) in [6.07, 6.45) is -2.33. The normalized spacial score (nSPS) is 12.8. The number of aliphatic hydroxyl groups excluding tert-OH is 2. The van der Waals surface area contributed by atoms with Gasteiger partial charge in [-0.2, -0.15) is 0 Å². The number of halogens is 2. The van der Waals surface area contributed by atoms with Crippen molar-refractivity contribution in [3.05, 3.63) is 33.8 Å². The van der Waals surface area contributed by atoms with Crippen LogP contribution in [-0.2, 0) is 20.7 Å². The molecule has 0 unspecified atom stereocenters. The van der Waals surface area contributed by atoms with Crippen LogP contribution in [0.3, 0.4) is 0 Å². The average molecular weight is 477 g/mol. The highest BCUT2D eigenvalue weighted by atomic mass is 35.5. The lowest BCUT2D eigenvalue weighted by Gasteiger charge is -2.27. The molecule has 12 heteroatoms. The molecular formula is C19H26Cl2N4O6. The van der Waals surface area contributed by atoms with Crippen LogP contribution >= 0.6 is 23.2 Å². The van der Waals surface area contributed by atoms with E-state index in [9.17, 15) is 19.5 Å². The lowest BCUT2D eigenvalue weighted by molar-refractivity contribution is -0.137. The van der Waals surface area contributed by atoms with Crippen LogP contribution in [0.5, 0.6) is 0 Å². The molecule has 0 bridgehead atoms. The van der Waals surface area contributed by atoms with Crippen molar-refractivity contribution in [3.8, 4) is 0 Å². The van der Waals surface area contributed by atoms with E-state index < -0.39 is 35.4 Å². The largest absolute Gasteiger partial charge is 0.448 e. The third-order valence-corrected chi connectivity index (χ3v) is 4.83. The zero-order chi connectivity index (χ0) is 23.6. The molecule has 0 aliphatic carbocycles. The molecule has 172 valence electrons. The summed E-state index contributed by atoms with van der Waals surface area (Å²) in [5.41, 5.74) is 4.94. The van der Waals surface area contributed by atoms with Crippen LogP contribution in [0, 0.1) is 5.41 Å². The van der Waals surface area contributed by atoms with Crippen molar-refractivity contribution in [2.45, 2.75) is 32.8 Å². The summed E-state index contributed by atoms with van der Waals surface area (Å²) in [5.74, 6) is -1.68. The van der Waals surface area contributed by atoms with Crippen LogP contribution in [0.4, 0.5) is 4.79 Å². The first-order valence-corrected chi connectivity index (χ1v) is 10.0. The molecule has 0 aliphatic rings. The maximum absolute atomic E-state index is 12.0. The minimum absolute atomic E-state index is 0.0848. The zero-order valence-electron chi connectivity index (χ0n) is 17.2. The third kappa shape index (κ3) is 9.09. The Balaban J connectivity index is 2.36. The number of nitrogens with zero attached hydrogens (tertiary/aromatic N) is 1. The van der Waals surface area contributed by atoms with Gasteiger partial charge in [0.2, 0.25) is 17.8 Å². The maximum Gasteiger partial charge on any atom is 0.436 e. The molecule has 0 aromatic heterocycles. The van der Waals surface area contributed by atoms with Gasteiger partial charge in [-0.05, 0) is 24.1 Å². The monoisotopic (exact) mass is 476 g/mol. The summed E-state index contributed by atoms with van der Waals surface area (Å²) in [6.45, 7) is 2.77. The molecule has 1 rings (SSSR count). The fourth-order valence-electron chi connectivity index (χ4n) is 2.19. The molecule has 3 amide bonds. The van der Waals surface area contributed by atoms with Crippen LogP contribution in [0.1, 0.15) is 25.8 Å². The minimum Gasteiger partial charge on any atom is -0.448 e. The van der Waals surface area contributed by atoms with Gasteiger partial charge in [0.15, 0.2) is 0 Å². The number of hydrogen-bond donors (Lipinski definition) is 5. The summed E-state index contributed by atoms with van der Waals surface area (Å²) in [6, 6.07) is 4.81. The predicted octanol–water partition coefficient (Wildman–Crippen LogP) is 0.989. The molecule has 1 atom stereocenters. The molecule has 0 saturated carbocycles. The highest BCUT2D eigenvalue weighted by Gasteiger charge is 2.32. The first-order chi connectivity index (χ1) is 14.5. The first-order valence-electron chi connectivity index (χ1n) is 9.28. The highest BCUT2D eigenvalue weighted by Crippen LogP contribution is 2.24. The third-order valence-electron chi connectivity index (χ3n) is 4.12. The quantitative estimate of drug-likeness (QED) is 0.201. The Labute approximate surface area is 189 Å². The van der Waals surface area contributed by atoms with E-state index in [0.717, 1.165) is 0 Å². The van der Waals surface area contributed by atoms with E-state index in [0.29, 0.717) is 15.6 Å². The van der Waals surface area contributed by atoms with Crippen LogP contribution in [0.15, 0.2) is 23.2 Å². The molecule has 0 aliphatic heterocycles. The second-order valence-corrected chi connectivity index (χ2v) is 8.04. The van der Waals surface area contributed by atoms with Crippen molar-refractivity contribution in [2.75, 3.05) is 19.8 Å². The Morgan fingerprint density at radius 1 is 1.26 bits per heavy atom. The highest BCUT2D eigenvalue weighted by molar-refractivity contribution is 6.36. The van der Waals surface area contributed by atoms with Gasteiger partial charge in [-0.1, -0.05) is 43.1 Å². The fraction of sp³-hybridized carbons (Fsp3) is 0.474. The minimum atomic E-state index is -1.38. The Kier molecular flexibility index (Phi) is 10.7. The van der Waals surface area contributed by atoms with Crippen LogP contribution in [0.2, 0.25) is 10.0 Å². The smallest absolute Gasteiger partial charge is 0.436 e. The van der Waals surface area contributed by atoms with Gasteiger partial charge in [-0.25, -0.2) is 4.79 Å². The van der Waals surface area contributed by atoms with Crippen LogP contribution < -0.4 is 16.4 Å². The summed E-state index contributed by atoms with van der Waals surface area (Å²) in [7, 11) is 0. The number of aliphatic hydroxyl groups is 2. The maximum atomic E-state index is 12.0. The second-order valence-electron chi connectivity index (χ2n) is 7.23. The van der Waals surface area contributed by atoms with E-state index in [1.54, 1.807) is 32.0 Å². The van der Waals surface area contributed by atoms with Crippen LogP contribution in [-0.4, -0.2) is 59.9 Å². The Morgan fingerprint density at radius 2 is 1.87 bits per heavy atom. The summed E-state index contributed by atoms with van der Waals surface area (Å²) >= 11 is 12.0. The number of benzene rings is 1. The van der Waals surface area contributed by atoms with Crippen molar-refractivity contribution >= 4 is 47.1 Å². The Morgan fingerprint density at radius 3 is 2.45 bits per heavy atom. The van der Waals surface area contributed by atoms with E-state index >= 15 is 0 Å². The number of hydrogen-bond acceptors (Lipinski definition) is 6. The van der Waals surface area contributed by atoms with Gasteiger partial charge in [-0.3, -0.25) is 14.9 Å². The van der Waals surface area contributed by atoms with E-state index in [-0.39, 0.29) is 32.6 Å². The van der Waals surface area contributed by atoms with Gasteiger partial charge >= 0.3 is 6.09 Å². The predicted molar refractivity (Wildman–Crippen MR) is 116 cm³/mol. The van der Waals surface area contributed by atoms with Gasteiger partial charge in [-0.15, -0.1) is 4.99 Å². The first kappa shape index (κ1) is 26.6. The van der Waals surface area contributed by atoms with Gasteiger partial charge in [0.25, 0.3) is 0 Å². The molecule has 6 N–H and O–H groups in total. The van der Waals surface area contributed by atoms with Gasteiger partial charge in [0.1, 0.15) is 6.10 Å². The summed E-state index contributed by atoms with van der Waals surface area (Å²) < 4.78 is 4.83. The molecular weight excluding hydrogens is 451 g/mol. The van der Waals surface area contributed by atoms with Crippen molar-refractivity contribution in [1.29, 1.82) is 0 Å². The molecule has 10 nitrogen and oxygen atoms in total. The molecule has 0 heterocycles. The average Bonchev–Trinajstić information content (AvgIpc) is 2.69. The topological polar surface area (TPSA) is 163 Å². The number of ether oxygens (including phenoxy) is 1. The SMILES string of the molecule is CC(C)(CO)[C@@H](O)C(=O)NCCCOC(=O)/N=C(\N)NC(=O)Cc1c(Cl)cccc1Cl. The lowest BCUT2D eigenvalue weighted by Crippen LogP contribution is -2.45. The molecule has 0 fully saturated rings. The number of carbonyl (C=O) groups excluding carboxylic acids is 3. The fourth-order valence-corrected chi connectivity index (χ4v) is 2.72. The van der Waals surface area contributed by atoms with Crippen molar-refractivity contribution in [2.24, 2.45) is 16.1 Å². The number of nitrogens with one attached hydrogen (secondary N) is 2. The Hall–Kier alpha value is -2.40. The van der Waals surface area contributed by atoms with Crippen LogP contribution in [0.25, 0.3) is 0 Å². The number of guanidine groups is 1. The molecule has 0 spiro atoms. The Bertz CT molecular complexity index is 811. The molecule has 0 radical (unpaired) electrons. The number of rotatable bonds is 9. The van der Waals surface area contributed by atoms with Crippen molar-refractivity contribution < 1.29 is 29.3 Å². The molecule has 1 aromatic carbocycles. The molecule has 1 aromatic rings.